The van der Waals surface area contributed by atoms with E-state index in [9.17, 15) is 9.59 Å². The molecule has 1 heterocycles. The molecule has 0 aromatic carbocycles. The maximum Gasteiger partial charge on any atom is 0.239 e. The van der Waals surface area contributed by atoms with E-state index in [1.165, 1.54) is 12.8 Å². The molecule has 1 atom stereocenters. The molecule has 1 saturated heterocycles. The lowest BCUT2D eigenvalue weighted by Gasteiger charge is -2.30. The Morgan fingerprint density at radius 1 is 1.17 bits per heavy atom. The Labute approximate surface area is 152 Å². The Morgan fingerprint density at radius 3 is 2.26 bits per heavy atom. The zero-order valence-corrected chi connectivity index (χ0v) is 16.0. The normalized spacial score (nSPS) is 16.9. The van der Waals surface area contributed by atoms with Gasteiger partial charge in [0.15, 0.2) is 0 Å². The largest absolute Gasteiger partial charge is 0.353 e. The third kappa shape index (κ3) is 10.0. The molecule has 1 aliphatic heterocycles. The molecule has 0 aromatic rings. The van der Waals surface area contributed by atoms with E-state index in [2.05, 4.69) is 22.5 Å². The van der Waals surface area contributed by atoms with Crippen molar-refractivity contribution in [3.05, 3.63) is 0 Å². The Kier molecular flexibility index (Phi) is 13.8. The molecule has 0 bridgehead atoms. The molecule has 1 fully saturated rings. The summed E-state index contributed by atoms with van der Waals surface area (Å²) in [6, 6.07) is -0.562. The number of nitrogens with one attached hydrogen (secondary N) is 2. The van der Waals surface area contributed by atoms with Crippen LogP contribution in [0.3, 0.4) is 0 Å². The predicted octanol–water partition coefficient (Wildman–Crippen LogP) is 0.778. The summed E-state index contributed by atoms with van der Waals surface area (Å²) in [4.78, 5) is 25.6. The van der Waals surface area contributed by atoms with E-state index in [1.54, 1.807) is 0 Å². The molecule has 1 rings (SSSR count). The molecule has 23 heavy (non-hydrogen) atoms. The van der Waals surface area contributed by atoms with Crippen LogP contribution in [-0.4, -0.2) is 55.5 Å². The third-order valence-electron chi connectivity index (χ3n) is 4.07. The molecule has 0 aliphatic carbocycles. The second-order valence-corrected chi connectivity index (χ2v) is 6.36. The zero-order valence-electron chi connectivity index (χ0n) is 14.3. The summed E-state index contributed by atoms with van der Waals surface area (Å²) < 4.78 is 0. The van der Waals surface area contributed by atoms with Crippen LogP contribution in [0.5, 0.6) is 0 Å². The maximum atomic E-state index is 11.6. The van der Waals surface area contributed by atoms with Gasteiger partial charge in [-0.3, -0.25) is 9.59 Å². The van der Waals surface area contributed by atoms with Crippen molar-refractivity contribution in [2.24, 2.45) is 17.6 Å². The third-order valence-corrected chi connectivity index (χ3v) is 4.07. The first kappa shape index (κ1) is 24.7. The van der Waals surface area contributed by atoms with Crippen molar-refractivity contribution in [1.82, 2.24) is 15.5 Å². The SMILES string of the molecule is CC1CCN(CCNC(=O)CNC(=O)[C@@H](N)C(C)C)CC1.Cl.Cl. The van der Waals surface area contributed by atoms with Gasteiger partial charge >= 0.3 is 0 Å². The Balaban J connectivity index is 0. The Bertz CT molecular complexity index is 348. The fourth-order valence-corrected chi connectivity index (χ4v) is 2.29. The molecule has 0 aromatic heterocycles. The summed E-state index contributed by atoms with van der Waals surface area (Å²) in [5.74, 6) is 0.445. The second-order valence-electron chi connectivity index (χ2n) is 6.36. The van der Waals surface area contributed by atoms with E-state index in [1.807, 2.05) is 13.8 Å². The highest BCUT2D eigenvalue weighted by molar-refractivity contribution is 5.87. The summed E-state index contributed by atoms with van der Waals surface area (Å²) in [6.07, 6.45) is 2.47. The molecule has 2 amide bonds. The van der Waals surface area contributed by atoms with Gasteiger partial charge in [0.1, 0.15) is 0 Å². The Hall–Kier alpha value is -0.560. The number of nitrogens with zero attached hydrogens (tertiary/aromatic N) is 1. The van der Waals surface area contributed by atoms with Crippen LogP contribution in [0, 0.1) is 11.8 Å². The van der Waals surface area contributed by atoms with E-state index in [0.717, 1.165) is 25.6 Å². The van der Waals surface area contributed by atoms with Gasteiger partial charge in [0.05, 0.1) is 12.6 Å². The molecular weight excluding hydrogens is 339 g/mol. The zero-order chi connectivity index (χ0) is 15.8. The van der Waals surface area contributed by atoms with Gasteiger partial charge < -0.3 is 21.3 Å². The minimum Gasteiger partial charge on any atom is -0.353 e. The summed E-state index contributed by atoms with van der Waals surface area (Å²) in [5, 5.41) is 5.40. The van der Waals surface area contributed by atoms with E-state index in [-0.39, 0.29) is 49.1 Å². The van der Waals surface area contributed by atoms with Crippen LogP contribution in [0.1, 0.15) is 33.6 Å². The average Bonchev–Trinajstić information content (AvgIpc) is 2.46. The average molecular weight is 371 g/mol. The van der Waals surface area contributed by atoms with Crippen molar-refractivity contribution in [2.45, 2.75) is 39.7 Å². The summed E-state index contributed by atoms with van der Waals surface area (Å²) in [5.41, 5.74) is 5.70. The fourth-order valence-electron chi connectivity index (χ4n) is 2.29. The molecule has 0 unspecified atom stereocenters. The first-order valence-electron chi connectivity index (χ1n) is 7.92. The van der Waals surface area contributed by atoms with Crippen LogP contribution >= 0.6 is 24.8 Å². The summed E-state index contributed by atoms with van der Waals surface area (Å²) in [6.45, 7) is 9.75. The van der Waals surface area contributed by atoms with Gasteiger partial charge in [-0.15, -0.1) is 24.8 Å². The number of hydrogen-bond donors (Lipinski definition) is 3. The monoisotopic (exact) mass is 370 g/mol. The molecule has 1 aliphatic rings. The van der Waals surface area contributed by atoms with E-state index in [4.69, 9.17) is 5.73 Å². The summed E-state index contributed by atoms with van der Waals surface area (Å²) in [7, 11) is 0. The lowest BCUT2D eigenvalue weighted by Crippen LogP contribution is -2.48. The second kappa shape index (κ2) is 12.8. The number of amides is 2. The molecule has 4 N–H and O–H groups in total. The van der Waals surface area contributed by atoms with Crippen LogP contribution in [0.4, 0.5) is 0 Å². The van der Waals surface area contributed by atoms with Crippen molar-refractivity contribution in [2.75, 3.05) is 32.7 Å². The maximum absolute atomic E-state index is 11.6. The van der Waals surface area contributed by atoms with Crippen LogP contribution in [-0.2, 0) is 9.59 Å². The number of likely N-dealkylation sites (tertiary alicyclic amines) is 1. The van der Waals surface area contributed by atoms with Gasteiger partial charge in [-0.2, -0.15) is 0 Å². The van der Waals surface area contributed by atoms with Gasteiger partial charge in [0.2, 0.25) is 11.8 Å². The summed E-state index contributed by atoms with van der Waals surface area (Å²) >= 11 is 0. The number of nitrogens with two attached hydrogens (primary N) is 1. The molecule has 138 valence electrons. The number of rotatable bonds is 7. The molecule has 0 radical (unpaired) electrons. The van der Waals surface area contributed by atoms with Crippen LogP contribution in [0.2, 0.25) is 0 Å². The number of carbonyl (C=O) groups excluding carboxylic acids is 2. The highest BCUT2D eigenvalue weighted by Gasteiger charge is 2.18. The first-order valence-corrected chi connectivity index (χ1v) is 7.92. The number of piperidine rings is 1. The van der Waals surface area contributed by atoms with E-state index >= 15 is 0 Å². The van der Waals surface area contributed by atoms with Crippen LogP contribution in [0.15, 0.2) is 0 Å². The highest BCUT2D eigenvalue weighted by Crippen LogP contribution is 2.14. The topological polar surface area (TPSA) is 87.5 Å². The van der Waals surface area contributed by atoms with E-state index in [0.29, 0.717) is 6.54 Å². The molecule has 0 saturated carbocycles. The minimum absolute atomic E-state index is 0. The van der Waals surface area contributed by atoms with Crippen molar-refractivity contribution in [3.8, 4) is 0 Å². The fraction of sp³-hybridized carbons (Fsp3) is 0.867. The highest BCUT2D eigenvalue weighted by atomic mass is 35.5. The van der Waals surface area contributed by atoms with Crippen molar-refractivity contribution < 1.29 is 9.59 Å². The number of carbonyl (C=O) groups is 2. The number of halogens is 2. The van der Waals surface area contributed by atoms with Crippen molar-refractivity contribution in [1.29, 1.82) is 0 Å². The number of hydrogen-bond acceptors (Lipinski definition) is 4. The van der Waals surface area contributed by atoms with E-state index < -0.39 is 6.04 Å². The van der Waals surface area contributed by atoms with Crippen LogP contribution < -0.4 is 16.4 Å². The predicted molar refractivity (Wildman–Crippen MR) is 98.2 cm³/mol. The first-order chi connectivity index (χ1) is 9.90. The lowest BCUT2D eigenvalue weighted by molar-refractivity contribution is -0.127. The van der Waals surface area contributed by atoms with Gasteiger partial charge in [0.25, 0.3) is 0 Å². The van der Waals surface area contributed by atoms with Gasteiger partial charge in [0, 0.05) is 13.1 Å². The minimum atomic E-state index is -0.562. The van der Waals surface area contributed by atoms with Gasteiger partial charge in [-0.05, 0) is 37.8 Å². The molecular formula is C15H32Cl2N4O2. The van der Waals surface area contributed by atoms with Crippen LogP contribution in [0.25, 0.3) is 0 Å². The molecule has 8 heteroatoms. The standard InChI is InChI=1S/C15H30N4O2.2ClH/c1-11(2)14(16)15(21)18-10-13(20)17-6-9-19-7-4-12(3)5-8-19;;/h11-12,14H,4-10,16H2,1-3H3,(H,17,20)(H,18,21);2*1H/t14-;;/m0../s1. The lowest BCUT2D eigenvalue weighted by atomic mass is 9.99. The quantitative estimate of drug-likeness (QED) is 0.617. The molecule has 0 spiro atoms. The Morgan fingerprint density at radius 2 is 1.74 bits per heavy atom. The van der Waals surface area contributed by atoms with Gasteiger partial charge in [-0.25, -0.2) is 0 Å². The smallest absolute Gasteiger partial charge is 0.239 e. The van der Waals surface area contributed by atoms with Crippen molar-refractivity contribution >= 4 is 36.6 Å². The molecule has 6 nitrogen and oxygen atoms in total. The van der Waals surface area contributed by atoms with Gasteiger partial charge in [-0.1, -0.05) is 20.8 Å². The van der Waals surface area contributed by atoms with Crippen molar-refractivity contribution in [3.63, 3.8) is 0 Å².